The third kappa shape index (κ3) is 4.30. The number of nitro groups is 1. The van der Waals surface area contributed by atoms with Crippen molar-refractivity contribution >= 4 is 17.5 Å². The fraction of sp³-hybridized carbons (Fsp3) is 0.667. The molecule has 0 bridgehead atoms. The van der Waals surface area contributed by atoms with E-state index in [4.69, 9.17) is 10.5 Å². The standard InChI is InChI=1S/C12H21N5O3/c1-8-9(17(18)19)10(16-11(13)15-8)14-7-12(2,3)5-6-20-4/h5-7H2,1-4H3,(H3,13,14,15,16). The number of ether oxygens (including phenoxy) is 1. The summed E-state index contributed by atoms with van der Waals surface area (Å²) in [5, 5.41) is 14.1. The molecule has 0 unspecified atom stereocenters. The molecule has 0 aliphatic heterocycles. The van der Waals surface area contributed by atoms with Crippen molar-refractivity contribution in [3.8, 4) is 0 Å². The Morgan fingerprint density at radius 3 is 2.65 bits per heavy atom. The van der Waals surface area contributed by atoms with Crippen LogP contribution in [0.4, 0.5) is 17.5 Å². The average Bonchev–Trinajstić information content (AvgIpc) is 2.32. The van der Waals surface area contributed by atoms with Crippen molar-refractivity contribution < 1.29 is 9.66 Å². The zero-order valence-electron chi connectivity index (χ0n) is 12.3. The Morgan fingerprint density at radius 2 is 2.10 bits per heavy atom. The summed E-state index contributed by atoms with van der Waals surface area (Å²) >= 11 is 0. The van der Waals surface area contributed by atoms with E-state index in [1.54, 1.807) is 7.11 Å². The van der Waals surface area contributed by atoms with Gasteiger partial charge in [0.25, 0.3) is 0 Å². The lowest BCUT2D eigenvalue weighted by Crippen LogP contribution is -2.25. The van der Waals surface area contributed by atoms with Crippen molar-refractivity contribution in [1.29, 1.82) is 0 Å². The van der Waals surface area contributed by atoms with Crippen LogP contribution in [0.5, 0.6) is 0 Å². The Labute approximate surface area is 117 Å². The molecule has 0 fully saturated rings. The highest BCUT2D eigenvalue weighted by molar-refractivity contribution is 5.60. The predicted octanol–water partition coefficient (Wildman–Crippen LogP) is 1.75. The number of hydrogen-bond donors (Lipinski definition) is 2. The Kier molecular flexibility index (Phi) is 5.20. The van der Waals surface area contributed by atoms with Crippen LogP contribution in [0, 0.1) is 22.5 Å². The zero-order chi connectivity index (χ0) is 15.3. The lowest BCUT2D eigenvalue weighted by atomic mass is 9.90. The van der Waals surface area contributed by atoms with Gasteiger partial charge in [0.15, 0.2) is 0 Å². The molecule has 0 atom stereocenters. The third-order valence-corrected chi connectivity index (χ3v) is 2.98. The quantitative estimate of drug-likeness (QED) is 0.578. The first-order valence-electron chi connectivity index (χ1n) is 6.28. The van der Waals surface area contributed by atoms with E-state index in [9.17, 15) is 10.1 Å². The van der Waals surface area contributed by atoms with Gasteiger partial charge < -0.3 is 15.8 Å². The van der Waals surface area contributed by atoms with Gasteiger partial charge in [-0.3, -0.25) is 10.1 Å². The molecule has 8 nitrogen and oxygen atoms in total. The second-order valence-electron chi connectivity index (χ2n) is 5.38. The van der Waals surface area contributed by atoms with Crippen LogP contribution in [-0.2, 0) is 4.74 Å². The van der Waals surface area contributed by atoms with E-state index in [1.807, 2.05) is 13.8 Å². The van der Waals surface area contributed by atoms with Gasteiger partial charge in [-0.05, 0) is 18.8 Å². The summed E-state index contributed by atoms with van der Waals surface area (Å²) < 4.78 is 5.05. The normalized spacial score (nSPS) is 11.4. The molecule has 0 saturated carbocycles. The number of aryl methyl sites for hydroxylation is 1. The fourth-order valence-electron chi connectivity index (χ4n) is 1.72. The summed E-state index contributed by atoms with van der Waals surface area (Å²) in [5.74, 6) is 0.177. The number of nitrogens with zero attached hydrogens (tertiary/aromatic N) is 3. The molecule has 0 amide bonds. The highest BCUT2D eigenvalue weighted by Crippen LogP contribution is 2.28. The van der Waals surface area contributed by atoms with Crippen molar-refractivity contribution in [2.24, 2.45) is 5.41 Å². The molecule has 20 heavy (non-hydrogen) atoms. The second-order valence-corrected chi connectivity index (χ2v) is 5.38. The van der Waals surface area contributed by atoms with Gasteiger partial charge >= 0.3 is 5.69 Å². The Balaban J connectivity index is 2.89. The summed E-state index contributed by atoms with van der Waals surface area (Å²) in [7, 11) is 1.64. The van der Waals surface area contributed by atoms with Crippen molar-refractivity contribution in [1.82, 2.24) is 9.97 Å². The lowest BCUT2D eigenvalue weighted by Gasteiger charge is -2.24. The van der Waals surface area contributed by atoms with Gasteiger partial charge in [-0.2, -0.15) is 4.98 Å². The Bertz CT molecular complexity index is 490. The van der Waals surface area contributed by atoms with Crippen LogP contribution in [0.2, 0.25) is 0 Å². The Hall–Kier alpha value is -1.96. The molecule has 112 valence electrons. The van der Waals surface area contributed by atoms with Gasteiger partial charge in [0.1, 0.15) is 5.69 Å². The van der Waals surface area contributed by atoms with Crippen LogP contribution in [0.25, 0.3) is 0 Å². The molecule has 1 heterocycles. The highest BCUT2D eigenvalue weighted by Gasteiger charge is 2.24. The van der Waals surface area contributed by atoms with Gasteiger partial charge in [-0.25, -0.2) is 4.98 Å². The van der Waals surface area contributed by atoms with Crippen molar-refractivity contribution in [3.05, 3.63) is 15.8 Å². The number of aromatic nitrogens is 2. The van der Waals surface area contributed by atoms with Gasteiger partial charge in [-0.1, -0.05) is 13.8 Å². The van der Waals surface area contributed by atoms with Gasteiger partial charge in [0.05, 0.1) is 4.92 Å². The molecule has 0 radical (unpaired) electrons. The number of nitrogen functional groups attached to an aromatic ring is 1. The molecule has 1 aromatic heterocycles. The molecule has 8 heteroatoms. The van der Waals surface area contributed by atoms with Gasteiger partial charge in [0.2, 0.25) is 11.8 Å². The van der Waals surface area contributed by atoms with Crippen LogP contribution in [0.3, 0.4) is 0 Å². The predicted molar refractivity (Wildman–Crippen MR) is 76.6 cm³/mol. The molecule has 0 aliphatic carbocycles. The van der Waals surface area contributed by atoms with E-state index in [1.165, 1.54) is 6.92 Å². The number of nitrogens with two attached hydrogens (primary N) is 1. The van der Waals surface area contributed by atoms with Gasteiger partial charge in [-0.15, -0.1) is 0 Å². The smallest absolute Gasteiger partial charge is 0.332 e. The number of anilines is 2. The number of rotatable bonds is 7. The van der Waals surface area contributed by atoms with Crippen LogP contribution in [0.1, 0.15) is 26.0 Å². The van der Waals surface area contributed by atoms with Gasteiger partial charge in [0, 0.05) is 20.3 Å². The number of hydrogen-bond acceptors (Lipinski definition) is 7. The highest BCUT2D eigenvalue weighted by atomic mass is 16.6. The largest absolute Gasteiger partial charge is 0.385 e. The minimum atomic E-state index is -0.501. The zero-order valence-corrected chi connectivity index (χ0v) is 12.3. The maximum Gasteiger partial charge on any atom is 0.332 e. The van der Waals surface area contributed by atoms with Crippen LogP contribution in [0.15, 0.2) is 0 Å². The molecular formula is C12H21N5O3. The minimum Gasteiger partial charge on any atom is -0.385 e. The van der Waals surface area contributed by atoms with Crippen LogP contribution in [-0.4, -0.2) is 35.2 Å². The van der Waals surface area contributed by atoms with E-state index in [0.717, 1.165) is 6.42 Å². The summed E-state index contributed by atoms with van der Waals surface area (Å²) in [5.41, 5.74) is 5.57. The van der Waals surface area contributed by atoms with Crippen molar-refractivity contribution in [2.45, 2.75) is 27.2 Å². The van der Waals surface area contributed by atoms with Crippen LogP contribution < -0.4 is 11.1 Å². The van der Waals surface area contributed by atoms with Crippen molar-refractivity contribution in [3.63, 3.8) is 0 Å². The molecule has 1 aromatic rings. The topological polar surface area (TPSA) is 116 Å². The van der Waals surface area contributed by atoms with E-state index in [0.29, 0.717) is 13.2 Å². The SMILES string of the molecule is COCCC(C)(C)CNc1nc(N)nc(C)c1[N+](=O)[O-]. The van der Waals surface area contributed by atoms with E-state index in [-0.39, 0.29) is 28.6 Å². The Morgan fingerprint density at radius 1 is 1.45 bits per heavy atom. The van der Waals surface area contributed by atoms with E-state index in [2.05, 4.69) is 15.3 Å². The molecule has 0 aromatic carbocycles. The lowest BCUT2D eigenvalue weighted by molar-refractivity contribution is -0.385. The third-order valence-electron chi connectivity index (χ3n) is 2.98. The molecule has 1 rings (SSSR count). The number of methoxy groups -OCH3 is 1. The maximum atomic E-state index is 11.1. The van der Waals surface area contributed by atoms with E-state index >= 15 is 0 Å². The van der Waals surface area contributed by atoms with Crippen molar-refractivity contribution in [2.75, 3.05) is 31.3 Å². The summed E-state index contributed by atoms with van der Waals surface area (Å²) in [6.45, 7) is 6.77. The molecular weight excluding hydrogens is 262 g/mol. The molecule has 0 saturated heterocycles. The first-order chi connectivity index (χ1) is 9.26. The fourth-order valence-corrected chi connectivity index (χ4v) is 1.72. The first kappa shape index (κ1) is 16.1. The second kappa shape index (κ2) is 6.47. The molecule has 0 aliphatic rings. The van der Waals surface area contributed by atoms with Crippen LogP contribution >= 0.6 is 0 Å². The average molecular weight is 283 g/mol. The molecule has 0 spiro atoms. The number of nitrogens with one attached hydrogen (secondary N) is 1. The first-order valence-corrected chi connectivity index (χ1v) is 6.28. The summed E-state index contributed by atoms with van der Waals surface area (Å²) in [4.78, 5) is 18.3. The minimum absolute atomic E-state index is 0.0188. The summed E-state index contributed by atoms with van der Waals surface area (Å²) in [6.07, 6.45) is 0.823. The molecule has 3 N–H and O–H groups in total. The maximum absolute atomic E-state index is 11.1. The summed E-state index contributed by atoms with van der Waals surface area (Å²) in [6, 6.07) is 0. The van der Waals surface area contributed by atoms with E-state index < -0.39 is 4.92 Å². The monoisotopic (exact) mass is 283 g/mol.